The minimum Gasteiger partial charge on any atom is -0.456 e. The van der Waals surface area contributed by atoms with Gasteiger partial charge in [0, 0.05) is 18.4 Å². The molecule has 0 saturated heterocycles. The van der Waals surface area contributed by atoms with E-state index in [2.05, 4.69) is 5.92 Å². The van der Waals surface area contributed by atoms with Crippen molar-refractivity contribution >= 4 is 5.97 Å². The van der Waals surface area contributed by atoms with Crippen LogP contribution in [-0.2, 0) is 14.3 Å². The van der Waals surface area contributed by atoms with Crippen LogP contribution >= 0.6 is 0 Å². The van der Waals surface area contributed by atoms with Crippen LogP contribution in [0.2, 0.25) is 0 Å². The quantitative estimate of drug-likeness (QED) is 0.303. The largest absolute Gasteiger partial charge is 0.456 e. The van der Waals surface area contributed by atoms with Crippen LogP contribution in [-0.4, -0.2) is 37.5 Å². The van der Waals surface area contributed by atoms with Crippen molar-refractivity contribution in [2.75, 3.05) is 26.4 Å². The molecule has 0 amide bonds. The van der Waals surface area contributed by atoms with Crippen molar-refractivity contribution in [3.63, 3.8) is 0 Å². The minimum absolute atomic E-state index is 0.0509. The summed E-state index contributed by atoms with van der Waals surface area (Å²) in [7, 11) is 0. The van der Waals surface area contributed by atoms with Crippen molar-refractivity contribution in [1.29, 1.82) is 0 Å². The van der Waals surface area contributed by atoms with Crippen LogP contribution in [0.5, 0.6) is 0 Å². The van der Waals surface area contributed by atoms with Crippen LogP contribution in [0.25, 0.3) is 0 Å². The monoisotopic (exact) mass is 238 g/mol. The smallest absolute Gasteiger partial charge is 0.384 e. The van der Waals surface area contributed by atoms with Gasteiger partial charge in [0.15, 0.2) is 0 Å². The van der Waals surface area contributed by atoms with E-state index in [4.69, 9.17) is 22.3 Å². The van der Waals surface area contributed by atoms with Gasteiger partial charge in [-0.3, -0.25) is 0 Å². The van der Waals surface area contributed by atoms with Crippen LogP contribution in [0.4, 0.5) is 0 Å². The van der Waals surface area contributed by atoms with Gasteiger partial charge in [-0.25, -0.2) is 4.79 Å². The van der Waals surface area contributed by atoms with Gasteiger partial charge in [0.05, 0.1) is 13.2 Å². The molecule has 4 nitrogen and oxygen atoms in total. The van der Waals surface area contributed by atoms with Crippen LogP contribution in [0.15, 0.2) is 0 Å². The van der Waals surface area contributed by atoms with E-state index in [9.17, 15) is 9.90 Å². The molecule has 0 spiro atoms. The third-order valence-electron chi connectivity index (χ3n) is 2.55. The highest BCUT2D eigenvalue weighted by Gasteiger charge is 2.30. The van der Waals surface area contributed by atoms with Crippen molar-refractivity contribution in [2.24, 2.45) is 11.3 Å². The number of terminal acetylenes is 2. The summed E-state index contributed by atoms with van der Waals surface area (Å²) in [6, 6.07) is 0. The Bertz CT molecular complexity index is 319. The van der Waals surface area contributed by atoms with Crippen molar-refractivity contribution in [3.8, 4) is 24.7 Å². The van der Waals surface area contributed by atoms with E-state index in [0.29, 0.717) is 6.61 Å². The number of hydrogen-bond donors (Lipinski definition) is 1. The predicted octanol–water partition coefficient (Wildman–Crippen LogP) is 0.447. The SMILES string of the molecule is C#CCOCC(COC(=O)C#C)C(C)(C)CO. The molecule has 0 radical (unpaired) electrons. The summed E-state index contributed by atoms with van der Waals surface area (Å²) in [5.41, 5.74) is -0.441. The highest BCUT2D eigenvalue weighted by molar-refractivity contribution is 5.87. The average Bonchev–Trinajstić information content (AvgIpc) is 2.32. The highest BCUT2D eigenvalue weighted by atomic mass is 16.5. The Hall–Kier alpha value is -1.49. The zero-order chi connectivity index (χ0) is 13.3. The molecule has 0 aliphatic heterocycles. The minimum atomic E-state index is -0.722. The summed E-state index contributed by atoms with van der Waals surface area (Å²) >= 11 is 0. The van der Waals surface area contributed by atoms with Crippen molar-refractivity contribution in [2.45, 2.75) is 13.8 Å². The van der Waals surface area contributed by atoms with Gasteiger partial charge in [0.2, 0.25) is 0 Å². The number of ether oxygens (including phenoxy) is 2. The zero-order valence-corrected chi connectivity index (χ0v) is 10.2. The first kappa shape index (κ1) is 15.5. The second-order valence-corrected chi connectivity index (χ2v) is 4.31. The van der Waals surface area contributed by atoms with E-state index in [0.717, 1.165) is 0 Å². The Morgan fingerprint density at radius 3 is 2.53 bits per heavy atom. The lowest BCUT2D eigenvalue weighted by Gasteiger charge is -2.31. The molecule has 4 heteroatoms. The number of carbonyl (C=O) groups excluding carboxylic acids is 1. The first-order valence-electron chi connectivity index (χ1n) is 5.23. The topological polar surface area (TPSA) is 55.8 Å². The standard InChI is InChI=1S/C13H18O4/c1-5-7-16-8-11(13(3,4)10-14)9-17-12(15)6-2/h1-2,11,14H,7-10H2,3-4H3. The second-order valence-electron chi connectivity index (χ2n) is 4.31. The summed E-state index contributed by atoms with van der Waals surface area (Å²) in [4.78, 5) is 10.9. The van der Waals surface area contributed by atoms with Crippen molar-refractivity contribution in [3.05, 3.63) is 0 Å². The third-order valence-corrected chi connectivity index (χ3v) is 2.55. The molecule has 17 heavy (non-hydrogen) atoms. The molecule has 0 aromatic heterocycles. The molecular formula is C13H18O4. The Morgan fingerprint density at radius 2 is 2.06 bits per heavy atom. The fourth-order valence-corrected chi connectivity index (χ4v) is 1.11. The lowest BCUT2D eigenvalue weighted by atomic mass is 9.80. The molecule has 0 aliphatic carbocycles. The molecule has 0 aliphatic rings. The van der Waals surface area contributed by atoms with Crippen molar-refractivity contribution in [1.82, 2.24) is 0 Å². The van der Waals surface area contributed by atoms with Gasteiger partial charge in [-0.15, -0.1) is 12.8 Å². The molecular weight excluding hydrogens is 220 g/mol. The number of rotatable bonds is 7. The Kier molecular flexibility index (Phi) is 7.05. The molecule has 0 aromatic carbocycles. The van der Waals surface area contributed by atoms with Gasteiger partial charge in [-0.1, -0.05) is 19.8 Å². The fourth-order valence-electron chi connectivity index (χ4n) is 1.11. The normalized spacial score (nSPS) is 12.3. The number of aliphatic hydroxyl groups excluding tert-OH is 1. The molecule has 1 N–H and O–H groups in total. The maximum atomic E-state index is 10.9. The van der Waals surface area contributed by atoms with Crippen LogP contribution in [0.1, 0.15) is 13.8 Å². The third kappa shape index (κ3) is 5.97. The van der Waals surface area contributed by atoms with Gasteiger partial charge < -0.3 is 14.6 Å². The lowest BCUT2D eigenvalue weighted by Crippen LogP contribution is -2.35. The fraction of sp³-hybridized carbons (Fsp3) is 0.615. The Morgan fingerprint density at radius 1 is 1.41 bits per heavy atom. The maximum Gasteiger partial charge on any atom is 0.384 e. The summed E-state index contributed by atoms with van der Waals surface area (Å²) in [5.74, 6) is 3.31. The van der Waals surface area contributed by atoms with Crippen molar-refractivity contribution < 1.29 is 19.4 Å². The number of aliphatic hydroxyl groups is 1. The van der Waals surface area contributed by atoms with E-state index < -0.39 is 11.4 Å². The maximum absolute atomic E-state index is 10.9. The van der Waals surface area contributed by atoms with Crippen LogP contribution < -0.4 is 0 Å². The van der Waals surface area contributed by atoms with Gasteiger partial charge in [0.1, 0.15) is 6.61 Å². The number of esters is 1. The van der Waals surface area contributed by atoms with E-state index in [-0.39, 0.29) is 25.7 Å². The summed E-state index contributed by atoms with van der Waals surface area (Å²) in [6.45, 7) is 4.23. The van der Waals surface area contributed by atoms with Crippen LogP contribution in [0.3, 0.4) is 0 Å². The summed E-state index contributed by atoms with van der Waals surface area (Å²) in [6.07, 6.45) is 9.95. The average molecular weight is 238 g/mol. The summed E-state index contributed by atoms with van der Waals surface area (Å²) in [5, 5.41) is 9.27. The summed E-state index contributed by atoms with van der Waals surface area (Å²) < 4.78 is 10.1. The molecule has 1 atom stereocenters. The van der Waals surface area contributed by atoms with Crippen LogP contribution in [0, 0.1) is 36.0 Å². The van der Waals surface area contributed by atoms with Gasteiger partial charge in [-0.2, -0.15) is 0 Å². The highest BCUT2D eigenvalue weighted by Crippen LogP contribution is 2.26. The molecule has 1 unspecified atom stereocenters. The number of hydrogen-bond acceptors (Lipinski definition) is 4. The molecule has 0 bridgehead atoms. The Labute approximate surface area is 102 Å². The molecule has 0 aromatic rings. The predicted molar refractivity (Wildman–Crippen MR) is 63.8 cm³/mol. The zero-order valence-electron chi connectivity index (χ0n) is 10.2. The van der Waals surface area contributed by atoms with Gasteiger partial charge >= 0.3 is 5.97 Å². The van der Waals surface area contributed by atoms with E-state index in [1.54, 1.807) is 0 Å². The Balaban J connectivity index is 4.37. The molecule has 0 heterocycles. The first-order valence-corrected chi connectivity index (χ1v) is 5.23. The van der Waals surface area contributed by atoms with Gasteiger partial charge in [0.25, 0.3) is 0 Å². The molecule has 94 valence electrons. The number of carbonyl (C=O) groups is 1. The second kappa shape index (κ2) is 7.73. The van der Waals surface area contributed by atoms with Gasteiger partial charge in [-0.05, 0) is 5.41 Å². The molecule has 0 saturated carbocycles. The molecule has 0 rings (SSSR count). The van der Waals surface area contributed by atoms with E-state index in [1.807, 2.05) is 19.8 Å². The van der Waals surface area contributed by atoms with E-state index >= 15 is 0 Å². The first-order chi connectivity index (χ1) is 7.97. The lowest BCUT2D eigenvalue weighted by molar-refractivity contribution is -0.140. The molecule has 0 fully saturated rings. The van der Waals surface area contributed by atoms with E-state index in [1.165, 1.54) is 0 Å².